The molecule has 0 bridgehead atoms. The van der Waals surface area contributed by atoms with E-state index in [1.165, 1.54) is 17.0 Å². The maximum atomic E-state index is 14.7. The predicted octanol–water partition coefficient (Wildman–Crippen LogP) is 5.83. The maximum Gasteiger partial charge on any atom is 0.425 e. The number of halogens is 6. The van der Waals surface area contributed by atoms with Gasteiger partial charge in [-0.25, -0.2) is 13.6 Å². The lowest BCUT2D eigenvalue weighted by Gasteiger charge is -2.22. The Morgan fingerprint density at radius 3 is 2.36 bits per heavy atom. The molecule has 1 saturated heterocycles. The van der Waals surface area contributed by atoms with Gasteiger partial charge in [-0.2, -0.15) is 13.2 Å². The Labute approximate surface area is 190 Å². The highest BCUT2D eigenvalue weighted by molar-refractivity contribution is 6.34. The first-order valence-electron chi connectivity index (χ1n) is 9.85. The fourth-order valence-electron chi connectivity index (χ4n) is 3.09. The van der Waals surface area contributed by atoms with Crippen LogP contribution < -0.4 is 15.4 Å². The first kappa shape index (κ1) is 24.6. The van der Waals surface area contributed by atoms with E-state index in [4.69, 9.17) is 16.3 Å². The Balaban J connectivity index is 1.95. The normalized spacial score (nSPS) is 14.7. The summed E-state index contributed by atoms with van der Waals surface area (Å²) >= 11 is 5.86. The number of likely N-dealkylation sites (tertiary alicyclic amines) is 1. The van der Waals surface area contributed by atoms with Gasteiger partial charge >= 0.3 is 12.2 Å². The highest BCUT2D eigenvalue weighted by Gasteiger charge is 2.39. The Hall–Kier alpha value is -3.08. The summed E-state index contributed by atoms with van der Waals surface area (Å²) in [7, 11) is 0. The number of benzene rings is 2. The van der Waals surface area contributed by atoms with Crippen molar-refractivity contribution < 1.29 is 36.3 Å². The lowest BCUT2D eigenvalue weighted by atomic mass is 10.1. The summed E-state index contributed by atoms with van der Waals surface area (Å²) in [4.78, 5) is 26.4. The van der Waals surface area contributed by atoms with Crippen molar-refractivity contribution in [2.45, 2.75) is 32.0 Å². The number of ether oxygens (including phenoxy) is 1. The predicted molar refractivity (Wildman–Crippen MR) is 112 cm³/mol. The van der Waals surface area contributed by atoms with Gasteiger partial charge in [-0.15, -0.1) is 0 Å². The molecule has 1 aliphatic rings. The van der Waals surface area contributed by atoms with E-state index >= 15 is 0 Å². The quantitative estimate of drug-likeness (QED) is 0.517. The van der Waals surface area contributed by atoms with Gasteiger partial charge in [0.05, 0.1) is 22.0 Å². The molecule has 0 saturated carbocycles. The van der Waals surface area contributed by atoms with E-state index in [0.29, 0.717) is 26.1 Å². The number of hydrogen-bond acceptors (Lipinski definition) is 3. The van der Waals surface area contributed by atoms with Crippen molar-refractivity contribution >= 4 is 34.9 Å². The van der Waals surface area contributed by atoms with Crippen LogP contribution >= 0.6 is 11.6 Å². The molecule has 1 fully saturated rings. The summed E-state index contributed by atoms with van der Waals surface area (Å²) in [6, 6.07) is 4.30. The van der Waals surface area contributed by atoms with Crippen LogP contribution in [-0.4, -0.2) is 42.2 Å². The summed E-state index contributed by atoms with van der Waals surface area (Å²) in [5.74, 6) is -3.83. The van der Waals surface area contributed by atoms with Crippen molar-refractivity contribution in [3.05, 3.63) is 52.6 Å². The molecular weight excluding hydrogens is 473 g/mol. The molecule has 3 amide bonds. The van der Waals surface area contributed by atoms with E-state index in [0.717, 1.165) is 25.0 Å². The van der Waals surface area contributed by atoms with E-state index in [1.54, 1.807) is 0 Å². The number of para-hydroxylation sites is 1. The second-order valence-electron chi connectivity index (χ2n) is 7.30. The maximum absolute atomic E-state index is 14.7. The van der Waals surface area contributed by atoms with Crippen molar-refractivity contribution in [1.82, 2.24) is 4.90 Å². The fourth-order valence-corrected chi connectivity index (χ4v) is 3.30. The Morgan fingerprint density at radius 1 is 1.09 bits per heavy atom. The summed E-state index contributed by atoms with van der Waals surface area (Å²) in [5, 5.41) is 4.21. The minimum atomic E-state index is -4.80. The molecule has 2 aromatic rings. The topological polar surface area (TPSA) is 70.7 Å². The fraction of sp³-hybridized carbons (Fsp3) is 0.333. The number of carbonyl (C=O) groups is 2. The lowest BCUT2D eigenvalue weighted by molar-refractivity contribution is -0.189. The standard InChI is InChI=1S/C21H19ClF5N3O3/c1-11(21(25,26)27)33-17-10-16(28-20(32)30-7-2-3-8-30)15(24)9-12(17)19(31)29-18-13(22)5-4-6-14(18)23/h4-6,9-11H,2-3,7-8H2,1H3,(H,28,32)(H,29,31). The van der Waals surface area contributed by atoms with Gasteiger partial charge in [-0.05, 0) is 38.0 Å². The zero-order valence-electron chi connectivity index (χ0n) is 17.2. The van der Waals surface area contributed by atoms with Crippen molar-refractivity contribution in [3.63, 3.8) is 0 Å². The number of hydrogen-bond donors (Lipinski definition) is 2. The monoisotopic (exact) mass is 491 g/mol. The first-order valence-corrected chi connectivity index (χ1v) is 10.2. The van der Waals surface area contributed by atoms with E-state index < -0.39 is 58.5 Å². The molecule has 0 aromatic heterocycles. The molecule has 3 rings (SSSR count). The number of anilines is 2. The van der Waals surface area contributed by atoms with Gasteiger partial charge in [0, 0.05) is 19.2 Å². The van der Waals surface area contributed by atoms with Gasteiger partial charge in [0.25, 0.3) is 5.91 Å². The molecule has 1 heterocycles. The Kier molecular flexibility index (Phi) is 7.31. The SMILES string of the molecule is CC(Oc1cc(NC(=O)N2CCCC2)c(F)cc1C(=O)Nc1c(F)cccc1Cl)C(F)(F)F. The number of amides is 3. The number of nitrogens with one attached hydrogen (secondary N) is 2. The van der Waals surface area contributed by atoms with Crippen molar-refractivity contribution in [2.75, 3.05) is 23.7 Å². The molecule has 33 heavy (non-hydrogen) atoms. The van der Waals surface area contributed by atoms with Crippen LogP contribution in [0, 0.1) is 11.6 Å². The van der Waals surface area contributed by atoms with Crippen LogP contribution in [0.1, 0.15) is 30.1 Å². The molecule has 0 radical (unpaired) electrons. The molecule has 1 aliphatic heterocycles. The van der Waals surface area contributed by atoms with Gasteiger partial charge in [0.1, 0.15) is 17.4 Å². The smallest absolute Gasteiger partial charge is 0.425 e. The molecular formula is C21H19ClF5N3O3. The zero-order chi connectivity index (χ0) is 24.3. The molecule has 2 aromatic carbocycles. The van der Waals surface area contributed by atoms with E-state index in [9.17, 15) is 31.5 Å². The molecule has 12 heteroatoms. The van der Waals surface area contributed by atoms with Gasteiger partial charge in [-0.3, -0.25) is 4.79 Å². The average Bonchev–Trinajstić information content (AvgIpc) is 3.27. The molecule has 2 N–H and O–H groups in total. The van der Waals surface area contributed by atoms with Crippen LogP contribution in [0.25, 0.3) is 0 Å². The van der Waals surface area contributed by atoms with Gasteiger partial charge in [-0.1, -0.05) is 17.7 Å². The largest absolute Gasteiger partial charge is 0.480 e. The van der Waals surface area contributed by atoms with Gasteiger partial charge < -0.3 is 20.3 Å². The van der Waals surface area contributed by atoms with E-state index in [2.05, 4.69) is 10.6 Å². The van der Waals surface area contributed by atoms with Crippen LogP contribution in [0.4, 0.5) is 38.1 Å². The third-order valence-electron chi connectivity index (χ3n) is 4.91. The molecule has 1 unspecified atom stereocenters. The van der Waals surface area contributed by atoms with E-state index in [1.807, 2.05) is 0 Å². The number of nitrogens with zero attached hydrogens (tertiary/aromatic N) is 1. The number of carbonyl (C=O) groups excluding carboxylic acids is 2. The summed E-state index contributed by atoms with van der Waals surface area (Å²) < 4.78 is 72.8. The Morgan fingerprint density at radius 2 is 1.76 bits per heavy atom. The van der Waals surface area contributed by atoms with Gasteiger partial charge in [0.2, 0.25) is 0 Å². The zero-order valence-corrected chi connectivity index (χ0v) is 18.0. The first-order chi connectivity index (χ1) is 15.5. The highest BCUT2D eigenvalue weighted by atomic mass is 35.5. The minimum absolute atomic E-state index is 0.176. The van der Waals surface area contributed by atoms with Crippen LogP contribution in [0.15, 0.2) is 30.3 Å². The minimum Gasteiger partial charge on any atom is -0.480 e. The number of rotatable bonds is 5. The number of urea groups is 1. The number of alkyl halides is 3. The van der Waals surface area contributed by atoms with Crippen LogP contribution in [0.2, 0.25) is 5.02 Å². The molecule has 1 atom stereocenters. The van der Waals surface area contributed by atoms with Crippen molar-refractivity contribution in [1.29, 1.82) is 0 Å². The lowest BCUT2D eigenvalue weighted by Crippen LogP contribution is -2.33. The average molecular weight is 492 g/mol. The second kappa shape index (κ2) is 9.82. The highest BCUT2D eigenvalue weighted by Crippen LogP contribution is 2.33. The van der Waals surface area contributed by atoms with Crippen molar-refractivity contribution in [3.8, 4) is 5.75 Å². The summed E-state index contributed by atoms with van der Waals surface area (Å²) in [6.45, 7) is 1.60. The Bertz CT molecular complexity index is 1040. The summed E-state index contributed by atoms with van der Waals surface area (Å²) in [5.41, 5.74) is -1.57. The van der Waals surface area contributed by atoms with Gasteiger partial charge in [0.15, 0.2) is 6.10 Å². The second-order valence-corrected chi connectivity index (χ2v) is 7.71. The van der Waals surface area contributed by atoms with Crippen molar-refractivity contribution in [2.24, 2.45) is 0 Å². The van der Waals surface area contributed by atoms with Crippen LogP contribution in [0.5, 0.6) is 5.75 Å². The molecule has 178 valence electrons. The van der Waals surface area contributed by atoms with Crippen LogP contribution in [0.3, 0.4) is 0 Å². The third-order valence-corrected chi connectivity index (χ3v) is 5.23. The summed E-state index contributed by atoms with van der Waals surface area (Å²) in [6.07, 6.45) is -5.62. The third kappa shape index (κ3) is 5.84. The molecule has 0 spiro atoms. The van der Waals surface area contributed by atoms with Crippen LogP contribution in [-0.2, 0) is 0 Å². The molecule has 0 aliphatic carbocycles. The molecule has 6 nitrogen and oxygen atoms in total. The van der Waals surface area contributed by atoms with E-state index in [-0.39, 0.29) is 5.02 Å².